The number of ketones is 1. The molecule has 0 bridgehead atoms. The van der Waals surface area contributed by atoms with E-state index in [1.807, 2.05) is 56.3 Å². The van der Waals surface area contributed by atoms with E-state index < -0.39 is 0 Å². The van der Waals surface area contributed by atoms with Crippen molar-refractivity contribution in [1.29, 1.82) is 0 Å². The second kappa shape index (κ2) is 10.3. The highest BCUT2D eigenvalue weighted by atomic mass is 16.5. The number of nitrogens with one attached hydrogen (secondary N) is 1. The van der Waals surface area contributed by atoms with Gasteiger partial charge in [0, 0.05) is 35.6 Å². The van der Waals surface area contributed by atoms with Gasteiger partial charge in [0.2, 0.25) is 5.91 Å². The zero-order valence-electron chi connectivity index (χ0n) is 20.4. The first-order valence-electron chi connectivity index (χ1n) is 12.0. The van der Waals surface area contributed by atoms with Crippen molar-refractivity contribution in [2.24, 2.45) is 0 Å². The summed E-state index contributed by atoms with van der Waals surface area (Å²) < 4.78 is 17.3. The fourth-order valence-electron chi connectivity index (χ4n) is 4.85. The number of ether oxygens (including phenoxy) is 3. The molecule has 180 valence electrons. The molecule has 2 aromatic rings. The number of hydrogen-bond donors (Lipinski definition) is 1. The Morgan fingerprint density at radius 1 is 1.03 bits per heavy atom. The maximum absolute atomic E-state index is 13.5. The number of carbonyl (C=O) groups excluding carboxylic acids is 2. The molecule has 4 rings (SSSR count). The lowest BCUT2D eigenvalue weighted by Gasteiger charge is -2.35. The Hall–Kier alpha value is -3.28. The van der Waals surface area contributed by atoms with E-state index in [0.717, 1.165) is 29.0 Å². The van der Waals surface area contributed by atoms with E-state index in [9.17, 15) is 9.59 Å². The largest absolute Gasteiger partial charge is 0.494 e. The summed E-state index contributed by atoms with van der Waals surface area (Å²) in [5.74, 6) is 1.68. The zero-order valence-corrected chi connectivity index (χ0v) is 20.4. The molecule has 6 nitrogen and oxygen atoms in total. The fourth-order valence-corrected chi connectivity index (χ4v) is 4.85. The van der Waals surface area contributed by atoms with Gasteiger partial charge in [0.25, 0.3) is 0 Å². The van der Waals surface area contributed by atoms with Crippen molar-refractivity contribution in [1.82, 2.24) is 5.32 Å². The van der Waals surface area contributed by atoms with Crippen molar-refractivity contribution in [3.63, 3.8) is 0 Å². The van der Waals surface area contributed by atoms with Crippen LogP contribution >= 0.6 is 0 Å². The highest BCUT2D eigenvalue weighted by Crippen LogP contribution is 2.47. The van der Waals surface area contributed by atoms with Crippen LogP contribution in [0.25, 0.3) is 0 Å². The number of amides is 1. The third-order valence-electron chi connectivity index (χ3n) is 6.32. The standard InChI is InChI=1S/C28H33NO5/c1-5-13-33-20-11-9-18(10-12-20)19-14-23-27(24(30)15-19)22(16-26(31)29-23)21-7-6-8-25(32-4)28(21)34-17(2)3/h6-12,17,19,22H,5,13-16H2,1-4H3,(H,29,31). The Balaban J connectivity index is 1.67. The molecule has 0 fully saturated rings. The molecule has 1 heterocycles. The lowest BCUT2D eigenvalue weighted by atomic mass is 9.73. The predicted octanol–water partition coefficient (Wildman–Crippen LogP) is 5.28. The Morgan fingerprint density at radius 3 is 2.47 bits per heavy atom. The minimum atomic E-state index is -0.356. The number of para-hydroxylation sites is 1. The molecule has 0 saturated carbocycles. The van der Waals surface area contributed by atoms with Crippen LogP contribution in [0.5, 0.6) is 17.2 Å². The third kappa shape index (κ3) is 4.96. The minimum absolute atomic E-state index is 0.0159. The van der Waals surface area contributed by atoms with E-state index >= 15 is 0 Å². The summed E-state index contributed by atoms with van der Waals surface area (Å²) in [5.41, 5.74) is 3.32. The van der Waals surface area contributed by atoms with Gasteiger partial charge in [0.15, 0.2) is 17.3 Å². The van der Waals surface area contributed by atoms with Gasteiger partial charge in [-0.1, -0.05) is 31.2 Å². The molecular weight excluding hydrogens is 430 g/mol. The quantitative estimate of drug-likeness (QED) is 0.577. The molecule has 34 heavy (non-hydrogen) atoms. The Morgan fingerprint density at radius 2 is 1.79 bits per heavy atom. The monoisotopic (exact) mass is 463 g/mol. The van der Waals surface area contributed by atoms with Crippen molar-refractivity contribution >= 4 is 11.7 Å². The van der Waals surface area contributed by atoms with Crippen LogP contribution in [0.1, 0.15) is 69.4 Å². The van der Waals surface area contributed by atoms with Crippen LogP contribution < -0.4 is 19.5 Å². The molecule has 2 unspecified atom stereocenters. The molecule has 2 aliphatic rings. The first kappa shape index (κ1) is 23.9. The van der Waals surface area contributed by atoms with Crippen molar-refractivity contribution in [2.45, 2.75) is 64.4 Å². The van der Waals surface area contributed by atoms with E-state index in [4.69, 9.17) is 14.2 Å². The maximum Gasteiger partial charge on any atom is 0.225 e. The summed E-state index contributed by atoms with van der Waals surface area (Å²) in [6.07, 6.45) is 2.11. The Kier molecular flexibility index (Phi) is 7.25. The summed E-state index contributed by atoms with van der Waals surface area (Å²) in [5, 5.41) is 3.00. The number of rotatable bonds is 8. The van der Waals surface area contributed by atoms with Crippen LogP contribution in [0, 0.1) is 0 Å². The summed E-state index contributed by atoms with van der Waals surface area (Å²) in [6, 6.07) is 13.6. The first-order chi connectivity index (χ1) is 16.4. The molecule has 2 aromatic carbocycles. The number of methoxy groups -OCH3 is 1. The predicted molar refractivity (Wildman–Crippen MR) is 130 cm³/mol. The number of Topliss-reactive ketones (excluding diaryl/α,β-unsaturated/α-hetero) is 1. The van der Waals surface area contributed by atoms with E-state index in [0.29, 0.717) is 36.5 Å². The van der Waals surface area contributed by atoms with E-state index in [1.165, 1.54) is 0 Å². The van der Waals surface area contributed by atoms with Crippen LogP contribution in [-0.4, -0.2) is 31.5 Å². The van der Waals surface area contributed by atoms with Gasteiger partial charge in [-0.3, -0.25) is 9.59 Å². The average Bonchev–Trinajstić information content (AvgIpc) is 2.82. The number of allylic oxidation sites excluding steroid dienone is 2. The normalized spacial score (nSPS) is 20.1. The molecule has 0 saturated heterocycles. The van der Waals surface area contributed by atoms with Gasteiger partial charge in [0.05, 0.1) is 19.8 Å². The highest BCUT2D eigenvalue weighted by molar-refractivity contribution is 6.02. The molecule has 0 aromatic heterocycles. The number of carbonyl (C=O) groups is 2. The molecule has 2 atom stereocenters. The highest BCUT2D eigenvalue weighted by Gasteiger charge is 2.39. The molecule has 1 aliphatic heterocycles. The van der Waals surface area contributed by atoms with E-state index in [1.54, 1.807) is 7.11 Å². The van der Waals surface area contributed by atoms with Crippen molar-refractivity contribution < 1.29 is 23.8 Å². The van der Waals surface area contributed by atoms with Crippen LogP contribution in [-0.2, 0) is 9.59 Å². The maximum atomic E-state index is 13.5. The molecule has 1 aliphatic carbocycles. The van der Waals surface area contributed by atoms with Crippen LogP contribution in [0.3, 0.4) is 0 Å². The SMILES string of the molecule is CCCOc1ccc(C2CC(=O)C3=C(C2)NC(=O)CC3c2cccc(OC)c2OC(C)C)cc1. The lowest BCUT2D eigenvalue weighted by Crippen LogP contribution is -2.38. The van der Waals surface area contributed by atoms with Crippen molar-refractivity contribution in [3.05, 3.63) is 64.9 Å². The summed E-state index contributed by atoms with van der Waals surface area (Å²) in [7, 11) is 1.60. The van der Waals surface area contributed by atoms with Gasteiger partial charge < -0.3 is 19.5 Å². The van der Waals surface area contributed by atoms with Gasteiger partial charge in [0.1, 0.15) is 5.75 Å². The first-order valence-corrected chi connectivity index (χ1v) is 12.0. The van der Waals surface area contributed by atoms with Crippen LogP contribution in [0.4, 0.5) is 0 Å². The molecule has 1 amide bonds. The third-order valence-corrected chi connectivity index (χ3v) is 6.32. The van der Waals surface area contributed by atoms with Gasteiger partial charge in [-0.05, 0) is 56.4 Å². The minimum Gasteiger partial charge on any atom is -0.494 e. The summed E-state index contributed by atoms with van der Waals surface area (Å²) in [6.45, 7) is 6.65. The zero-order chi connectivity index (χ0) is 24.2. The molecular formula is C28H33NO5. The van der Waals surface area contributed by atoms with Crippen LogP contribution in [0.2, 0.25) is 0 Å². The Labute approximate surface area is 201 Å². The van der Waals surface area contributed by atoms with E-state index in [-0.39, 0.29) is 36.1 Å². The molecule has 0 radical (unpaired) electrons. The number of hydrogen-bond acceptors (Lipinski definition) is 5. The van der Waals surface area contributed by atoms with Crippen LogP contribution in [0.15, 0.2) is 53.7 Å². The average molecular weight is 464 g/mol. The summed E-state index contributed by atoms with van der Waals surface area (Å²) >= 11 is 0. The number of benzene rings is 2. The Bertz CT molecular complexity index is 1090. The van der Waals surface area contributed by atoms with Gasteiger partial charge in [-0.15, -0.1) is 0 Å². The lowest BCUT2D eigenvalue weighted by molar-refractivity contribution is -0.122. The van der Waals surface area contributed by atoms with E-state index in [2.05, 4.69) is 12.2 Å². The van der Waals surface area contributed by atoms with Crippen molar-refractivity contribution in [2.75, 3.05) is 13.7 Å². The van der Waals surface area contributed by atoms with Gasteiger partial charge in [-0.25, -0.2) is 0 Å². The fraction of sp³-hybridized carbons (Fsp3) is 0.429. The molecule has 0 spiro atoms. The van der Waals surface area contributed by atoms with Crippen molar-refractivity contribution in [3.8, 4) is 17.2 Å². The second-order valence-electron chi connectivity index (χ2n) is 9.19. The summed E-state index contributed by atoms with van der Waals surface area (Å²) in [4.78, 5) is 26.2. The molecule has 6 heteroatoms. The topological polar surface area (TPSA) is 73.9 Å². The second-order valence-corrected chi connectivity index (χ2v) is 9.19. The smallest absolute Gasteiger partial charge is 0.225 e. The van der Waals surface area contributed by atoms with Gasteiger partial charge >= 0.3 is 0 Å². The van der Waals surface area contributed by atoms with Gasteiger partial charge in [-0.2, -0.15) is 0 Å². The molecule has 1 N–H and O–H groups in total.